The molecular formula is C8H17NO4S. The van der Waals surface area contributed by atoms with Crippen LogP contribution in [-0.4, -0.2) is 31.6 Å². The van der Waals surface area contributed by atoms with Gasteiger partial charge in [0.15, 0.2) is 9.84 Å². The molecule has 0 fully saturated rings. The maximum atomic E-state index is 11.5. The Balaban J connectivity index is 3.97. The molecule has 0 aromatic heterocycles. The van der Waals surface area contributed by atoms with Crippen LogP contribution in [0.15, 0.2) is 0 Å². The molecule has 0 heterocycles. The number of amides is 1. The summed E-state index contributed by atoms with van der Waals surface area (Å²) in [5.41, 5.74) is 4.72. The Kier molecular flexibility index (Phi) is 4.38. The van der Waals surface area contributed by atoms with E-state index in [2.05, 4.69) is 4.74 Å². The summed E-state index contributed by atoms with van der Waals surface area (Å²) in [5.74, 6) is 0.00375. The van der Waals surface area contributed by atoms with E-state index in [0.717, 1.165) is 0 Å². The SMILES string of the molecule is CC(C)(C)S(=O)(=O)CCCOC(N)=O. The highest BCUT2D eigenvalue weighted by Crippen LogP contribution is 2.16. The van der Waals surface area contributed by atoms with Gasteiger partial charge in [-0.05, 0) is 27.2 Å². The maximum absolute atomic E-state index is 11.5. The first-order valence-corrected chi connectivity index (χ1v) is 5.96. The minimum absolute atomic E-state index is 0.00375. The molecular weight excluding hydrogens is 206 g/mol. The number of primary amides is 1. The zero-order valence-electron chi connectivity index (χ0n) is 8.74. The van der Waals surface area contributed by atoms with Crippen LogP contribution in [0.2, 0.25) is 0 Å². The first-order valence-electron chi connectivity index (χ1n) is 4.31. The minimum Gasteiger partial charge on any atom is -0.450 e. The Bertz CT molecular complexity index is 289. The van der Waals surface area contributed by atoms with Crippen molar-refractivity contribution in [2.45, 2.75) is 31.9 Å². The summed E-state index contributed by atoms with van der Waals surface area (Å²) in [6, 6.07) is 0. The van der Waals surface area contributed by atoms with Gasteiger partial charge in [0.05, 0.1) is 17.1 Å². The molecule has 0 aliphatic rings. The largest absolute Gasteiger partial charge is 0.450 e. The van der Waals surface area contributed by atoms with Gasteiger partial charge in [0.1, 0.15) is 0 Å². The van der Waals surface area contributed by atoms with Gasteiger partial charge in [-0.2, -0.15) is 0 Å². The molecule has 0 aliphatic heterocycles. The van der Waals surface area contributed by atoms with Gasteiger partial charge in [-0.25, -0.2) is 13.2 Å². The fourth-order valence-electron chi connectivity index (χ4n) is 0.728. The van der Waals surface area contributed by atoms with Crippen molar-refractivity contribution in [3.05, 3.63) is 0 Å². The van der Waals surface area contributed by atoms with Crippen molar-refractivity contribution in [1.29, 1.82) is 0 Å². The third-order valence-corrected chi connectivity index (χ3v) is 4.43. The average Bonchev–Trinajstić information content (AvgIpc) is 1.95. The van der Waals surface area contributed by atoms with Crippen LogP contribution in [0.1, 0.15) is 27.2 Å². The molecule has 14 heavy (non-hydrogen) atoms. The second-order valence-corrected chi connectivity index (χ2v) is 6.81. The van der Waals surface area contributed by atoms with Gasteiger partial charge in [-0.3, -0.25) is 0 Å². The molecule has 0 atom stereocenters. The van der Waals surface area contributed by atoms with Gasteiger partial charge in [-0.1, -0.05) is 0 Å². The van der Waals surface area contributed by atoms with Crippen LogP contribution < -0.4 is 5.73 Å². The van der Waals surface area contributed by atoms with Crippen molar-refractivity contribution in [2.24, 2.45) is 5.73 Å². The number of sulfone groups is 1. The molecule has 0 bridgehead atoms. The number of nitrogens with two attached hydrogens (primary N) is 1. The van der Waals surface area contributed by atoms with Gasteiger partial charge < -0.3 is 10.5 Å². The lowest BCUT2D eigenvalue weighted by atomic mass is 10.3. The van der Waals surface area contributed by atoms with E-state index in [0.29, 0.717) is 0 Å². The number of hydrogen-bond donors (Lipinski definition) is 1. The molecule has 2 N–H and O–H groups in total. The topological polar surface area (TPSA) is 86.5 Å². The number of hydrogen-bond acceptors (Lipinski definition) is 4. The predicted molar refractivity (Wildman–Crippen MR) is 53.7 cm³/mol. The van der Waals surface area contributed by atoms with E-state index in [4.69, 9.17) is 5.73 Å². The first-order chi connectivity index (χ1) is 6.17. The van der Waals surface area contributed by atoms with Crippen molar-refractivity contribution in [3.63, 3.8) is 0 Å². The normalized spacial score (nSPS) is 12.5. The third-order valence-electron chi connectivity index (χ3n) is 1.73. The molecule has 1 amide bonds. The first kappa shape index (κ1) is 13.2. The summed E-state index contributed by atoms with van der Waals surface area (Å²) in [7, 11) is -3.13. The number of carbonyl (C=O) groups is 1. The van der Waals surface area contributed by atoms with Crippen molar-refractivity contribution < 1.29 is 17.9 Å². The summed E-state index contributed by atoms with van der Waals surface area (Å²) in [6.45, 7) is 4.95. The van der Waals surface area contributed by atoms with E-state index >= 15 is 0 Å². The Morgan fingerprint density at radius 2 is 1.86 bits per heavy atom. The van der Waals surface area contributed by atoms with E-state index in [1.54, 1.807) is 20.8 Å². The van der Waals surface area contributed by atoms with Crippen LogP contribution in [0.5, 0.6) is 0 Å². The molecule has 0 rings (SSSR count). The molecule has 84 valence electrons. The zero-order valence-corrected chi connectivity index (χ0v) is 9.56. The van der Waals surface area contributed by atoms with Crippen LogP contribution in [0, 0.1) is 0 Å². The Hall–Kier alpha value is -0.780. The van der Waals surface area contributed by atoms with Gasteiger partial charge in [0.25, 0.3) is 0 Å². The van der Waals surface area contributed by atoms with E-state index in [1.165, 1.54) is 0 Å². The highest BCUT2D eigenvalue weighted by atomic mass is 32.2. The Morgan fingerprint density at radius 3 is 2.21 bits per heavy atom. The van der Waals surface area contributed by atoms with Gasteiger partial charge >= 0.3 is 6.09 Å². The summed E-state index contributed by atoms with van der Waals surface area (Å²) in [4.78, 5) is 10.2. The highest BCUT2D eigenvalue weighted by molar-refractivity contribution is 7.92. The summed E-state index contributed by atoms with van der Waals surface area (Å²) in [5, 5.41) is 0. The van der Waals surface area contributed by atoms with Crippen LogP contribution >= 0.6 is 0 Å². The lowest BCUT2D eigenvalue weighted by Gasteiger charge is -2.18. The smallest absolute Gasteiger partial charge is 0.404 e. The Morgan fingerprint density at radius 1 is 1.36 bits per heavy atom. The average molecular weight is 223 g/mol. The molecule has 0 spiro atoms. The van der Waals surface area contributed by atoms with E-state index in [1.807, 2.05) is 0 Å². The van der Waals surface area contributed by atoms with Crippen LogP contribution in [-0.2, 0) is 14.6 Å². The van der Waals surface area contributed by atoms with Gasteiger partial charge in [0.2, 0.25) is 0 Å². The maximum Gasteiger partial charge on any atom is 0.404 e. The van der Waals surface area contributed by atoms with Crippen molar-refractivity contribution in [3.8, 4) is 0 Å². The number of rotatable bonds is 4. The molecule has 0 saturated carbocycles. The second-order valence-electron chi connectivity index (χ2n) is 3.95. The lowest BCUT2D eigenvalue weighted by Crippen LogP contribution is -2.31. The second kappa shape index (κ2) is 4.63. The van der Waals surface area contributed by atoms with E-state index in [9.17, 15) is 13.2 Å². The molecule has 0 radical (unpaired) electrons. The molecule has 0 aromatic rings. The minimum atomic E-state index is -3.13. The monoisotopic (exact) mass is 223 g/mol. The highest BCUT2D eigenvalue weighted by Gasteiger charge is 2.28. The fraction of sp³-hybridized carbons (Fsp3) is 0.875. The lowest BCUT2D eigenvalue weighted by molar-refractivity contribution is 0.157. The fourth-order valence-corrected chi connectivity index (χ4v) is 1.84. The molecule has 0 aromatic carbocycles. The molecule has 5 nitrogen and oxygen atoms in total. The molecule has 6 heteroatoms. The number of ether oxygens (including phenoxy) is 1. The third kappa shape index (κ3) is 4.45. The van der Waals surface area contributed by atoms with Crippen molar-refractivity contribution >= 4 is 15.9 Å². The molecule has 0 aliphatic carbocycles. The van der Waals surface area contributed by atoms with Crippen molar-refractivity contribution in [1.82, 2.24) is 0 Å². The summed E-state index contributed by atoms with van der Waals surface area (Å²) >= 11 is 0. The standard InChI is InChI=1S/C8H17NO4S/c1-8(2,3)14(11,12)6-4-5-13-7(9)10/h4-6H2,1-3H3,(H2,9,10). The van der Waals surface area contributed by atoms with E-state index < -0.39 is 20.7 Å². The van der Waals surface area contributed by atoms with Crippen molar-refractivity contribution in [2.75, 3.05) is 12.4 Å². The predicted octanol–water partition coefficient (Wildman–Crippen LogP) is 0.685. The van der Waals surface area contributed by atoms with Crippen LogP contribution in [0.4, 0.5) is 4.79 Å². The van der Waals surface area contributed by atoms with Gasteiger partial charge in [0, 0.05) is 0 Å². The van der Waals surface area contributed by atoms with Crippen LogP contribution in [0.3, 0.4) is 0 Å². The number of carbonyl (C=O) groups excluding carboxylic acids is 1. The van der Waals surface area contributed by atoms with Crippen LogP contribution in [0.25, 0.3) is 0 Å². The molecule has 0 unspecified atom stereocenters. The van der Waals surface area contributed by atoms with Gasteiger partial charge in [-0.15, -0.1) is 0 Å². The summed E-state index contributed by atoms with van der Waals surface area (Å²) < 4.78 is 26.7. The zero-order chi connectivity index (χ0) is 11.4. The quantitative estimate of drug-likeness (QED) is 0.710. The molecule has 0 saturated heterocycles. The summed E-state index contributed by atoms with van der Waals surface area (Å²) in [6.07, 6.45) is -0.596. The Labute approximate surface area is 84.5 Å². The van der Waals surface area contributed by atoms with E-state index in [-0.39, 0.29) is 18.8 Å².